The van der Waals surface area contributed by atoms with Gasteiger partial charge in [0.25, 0.3) is 0 Å². The van der Waals surface area contributed by atoms with Gasteiger partial charge in [-0.2, -0.15) is 0 Å². The van der Waals surface area contributed by atoms with E-state index in [1.165, 1.54) is 4.90 Å². The summed E-state index contributed by atoms with van der Waals surface area (Å²) in [6.45, 7) is 2.64. The quantitative estimate of drug-likeness (QED) is 0.635. The Hall–Kier alpha value is -1.48. The molecule has 1 N–H and O–H groups in total. The van der Waals surface area contributed by atoms with Crippen LogP contribution in [0.2, 0.25) is 0 Å². The van der Waals surface area contributed by atoms with E-state index in [0.717, 1.165) is 17.9 Å². The van der Waals surface area contributed by atoms with Gasteiger partial charge in [-0.05, 0) is 36.8 Å². The van der Waals surface area contributed by atoms with Gasteiger partial charge in [-0.25, -0.2) is 4.39 Å². The van der Waals surface area contributed by atoms with Gasteiger partial charge in [-0.1, -0.05) is 24.3 Å². The molecule has 2 rings (SSSR count). The first-order chi connectivity index (χ1) is 8.75. The van der Waals surface area contributed by atoms with Crippen LogP contribution in [0.5, 0.6) is 0 Å². The number of hydrogen-bond donors (Lipinski definition) is 1. The van der Waals surface area contributed by atoms with Crippen LogP contribution >= 0.6 is 11.8 Å². The van der Waals surface area contributed by atoms with Crippen molar-refractivity contribution < 1.29 is 4.39 Å². The number of benzene rings is 2. The molecule has 18 heavy (non-hydrogen) atoms. The predicted octanol–water partition coefficient (Wildman–Crippen LogP) is 4.34. The van der Waals surface area contributed by atoms with Crippen LogP contribution in [-0.4, -0.2) is 12.3 Å². The molecule has 0 aliphatic rings. The lowest BCUT2D eigenvalue weighted by Gasteiger charge is -2.08. The predicted molar refractivity (Wildman–Crippen MR) is 76.8 cm³/mol. The monoisotopic (exact) mass is 261 g/mol. The van der Waals surface area contributed by atoms with Crippen molar-refractivity contribution in [2.24, 2.45) is 0 Å². The molecule has 0 bridgehead atoms. The van der Waals surface area contributed by atoms with Gasteiger partial charge in [0.2, 0.25) is 0 Å². The zero-order valence-corrected chi connectivity index (χ0v) is 11.1. The lowest BCUT2D eigenvalue weighted by molar-refractivity contribution is 0.629. The van der Waals surface area contributed by atoms with Gasteiger partial charge in [0.15, 0.2) is 0 Å². The molecule has 0 saturated heterocycles. The van der Waals surface area contributed by atoms with E-state index in [1.54, 1.807) is 23.9 Å². The molecule has 3 heteroatoms. The number of anilines is 1. The van der Waals surface area contributed by atoms with E-state index in [9.17, 15) is 4.39 Å². The van der Waals surface area contributed by atoms with Crippen molar-refractivity contribution in [2.75, 3.05) is 17.6 Å². The van der Waals surface area contributed by atoms with Crippen molar-refractivity contribution in [3.63, 3.8) is 0 Å². The molecule has 0 spiro atoms. The summed E-state index contributed by atoms with van der Waals surface area (Å²) in [5, 5.41) is 3.11. The highest BCUT2D eigenvalue weighted by Gasteiger charge is 2.00. The van der Waals surface area contributed by atoms with Crippen LogP contribution in [0.4, 0.5) is 10.1 Å². The number of nitrogens with one attached hydrogen (secondary N) is 1. The maximum Gasteiger partial charge on any atom is 0.146 e. The molecule has 1 nitrogen and oxygen atoms in total. The smallest absolute Gasteiger partial charge is 0.146 e. The summed E-state index contributed by atoms with van der Waals surface area (Å²) in [5.41, 5.74) is 1.52. The first-order valence-corrected chi connectivity index (χ1v) is 6.92. The van der Waals surface area contributed by atoms with E-state index in [0.29, 0.717) is 5.69 Å². The van der Waals surface area contributed by atoms with E-state index >= 15 is 0 Å². The first kappa shape index (κ1) is 13.0. The number of hydrogen-bond acceptors (Lipinski definition) is 2. The summed E-state index contributed by atoms with van der Waals surface area (Å²) in [7, 11) is 0. The van der Waals surface area contributed by atoms with Gasteiger partial charge in [-0.3, -0.25) is 0 Å². The Balaban J connectivity index is 1.79. The molecule has 0 radical (unpaired) electrons. The molecular weight excluding hydrogens is 245 g/mol. The highest BCUT2D eigenvalue weighted by molar-refractivity contribution is 7.99. The third-order valence-corrected chi connectivity index (χ3v) is 3.57. The van der Waals surface area contributed by atoms with E-state index in [1.807, 2.05) is 31.2 Å². The first-order valence-electron chi connectivity index (χ1n) is 5.93. The molecule has 0 unspecified atom stereocenters. The lowest BCUT2D eigenvalue weighted by atomic mass is 10.2. The van der Waals surface area contributed by atoms with E-state index in [-0.39, 0.29) is 5.82 Å². The van der Waals surface area contributed by atoms with Crippen LogP contribution in [0.1, 0.15) is 5.56 Å². The maximum absolute atomic E-state index is 13.5. The molecule has 0 aliphatic carbocycles. The molecule has 0 aliphatic heterocycles. The van der Waals surface area contributed by atoms with Gasteiger partial charge < -0.3 is 5.32 Å². The van der Waals surface area contributed by atoms with Gasteiger partial charge in [-0.15, -0.1) is 11.8 Å². The minimum absolute atomic E-state index is 0.181. The van der Waals surface area contributed by atoms with Crippen LogP contribution in [0.15, 0.2) is 53.4 Å². The Morgan fingerprint density at radius 3 is 2.61 bits per heavy atom. The molecule has 2 aromatic rings. The third kappa shape index (κ3) is 3.77. The topological polar surface area (TPSA) is 12.0 Å². The average molecular weight is 261 g/mol. The Kier molecular flexibility index (Phi) is 4.65. The van der Waals surface area contributed by atoms with Crippen LogP contribution in [-0.2, 0) is 0 Å². The number of aryl methyl sites for hydroxylation is 1. The summed E-state index contributed by atoms with van der Waals surface area (Å²) < 4.78 is 13.5. The van der Waals surface area contributed by atoms with Gasteiger partial charge >= 0.3 is 0 Å². The zero-order valence-electron chi connectivity index (χ0n) is 10.3. The summed E-state index contributed by atoms with van der Waals surface area (Å²) in [6, 6.07) is 15.5. The lowest BCUT2D eigenvalue weighted by Crippen LogP contribution is -2.05. The second kappa shape index (κ2) is 6.45. The van der Waals surface area contributed by atoms with Crippen LogP contribution < -0.4 is 5.32 Å². The highest BCUT2D eigenvalue weighted by Crippen LogP contribution is 2.18. The fraction of sp³-hybridized carbons (Fsp3) is 0.200. The van der Waals surface area contributed by atoms with E-state index in [2.05, 4.69) is 17.4 Å². The second-order valence-corrected chi connectivity index (χ2v) is 5.24. The minimum atomic E-state index is -0.181. The number of thioether (sulfide) groups is 1. The average Bonchev–Trinajstić information content (AvgIpc) is 2.38. The van der Waals surface area contributed by atoms with E-state index < -0.39 is 0 Å². The van der Waals surface area contributed by atoms with Gasteiger partial charge in [0.1, 0.15) is 5.82 Å². The molecule has 0 heterocycles. The van der Waals surface area contributed by atoms with Crippen molar-refractivity contribution in [2.45, 2.75) is 11.8 Å². The summed E-state index contributed by atoms with van der Waals surface area (Å²) in [5.74, 6) is 0.733. The zero-order chi connectivity index (χ0) is 12.8. The Morgan fingerprint density at radius 2 is 1.89 bits per heavy atom. The standard InChI is InChI=1S/C15H16FNS/c1-12-7-8-15(14(16)11-12)17-9-10-18-13-5-3-2-4-6-13/h2-8,11,17H,9-10H2,1H3. The van der Waals surface area contributed by atoms with Crippen LogP contribution in [0.3, 0.4) is 0 Å². The van der Waals surface area contributed by atoms with Crippen molar-refractivity contribution in [3.05, 3.63) is 59.9 Å². The Bertz CT molecular complexity index is 499. The number of rotatable bonds is 5. The molecule has 0 fully saturated rings. The Morgan fingerprint density at radius 1 is 1.11 bits per heavy atom. The van der Waals surface area contributed by atoms with Crippen molar-refractivity contribution >= 4 is 17.4 Å². The fourth-order valence-corrected chi connectivity index (χ4v) is 2.42. The molecule has 0 saturated carbocycles. The van der Waals surface area contributed by atoms with Crippen molar-refractivity contribution in [3.8, 4) is 0 Å². The van der Waals surface area contributed by atoms with Crippen molar-refractivity contribution in [1.29, 1.82) is 0 Å². The molecular formula is C15H16FNS. The van der Waals surface area contributed by atoms with E-state index in [4.69, 9.17) is 0 Å². The molecule has 2 aromatic carbocycles. The largest absolute Gasteiger partial charge is 0.382 e. The van der Waals surface area contributed by atoms with Gasteiger partial charge in [0.05, 0.1) is 5.69 Å². The molecule has 0 atom stereocenters. The summed E-state index contributed by atoms with van der Waals surface area (Å²) >= 11 is 1.76. The third-order valence-electron chi connectivity index (χ3n) is 2.55. The maximum atomic E-state index is 13.5. The van der Waals surface area contributed by atoms with Crippen molar-refractivity contribution in [1.82, 2.24) is 0 Å². The number of halogens is 1. The summed E-state index contributed by atoms with van der Waals surface area (Å²) in [4.78, 5) is 1.24. The SMILES string of the molecule is Cc1ccc(NCCSc2ccccc2)c(F)c1. The fourth-order valence-electron chi connectivity index (χ4n) is 1.63. The van der Waals surface area contributed by atoms with Crippen LogP contribution in [0.25, 0.3) is 0 Å². The minimum Gasteiger partial charge on any atom is -0.382 e. The Labute approximate surface area is 111 Å². The van der Waals surface area contributed by atoms with Crippen LogP contribution in [0, 0.1) is 12.7 Å². The second-order valence-electron chi connectivity index (χ2n) is 4.07. The summed E-state index contributed by atoms with van der Waals surface area (Å²) in [6.07, 6.45) is 0. The molecule has 0 aromatic heterocycles. The molecule has 0 amide bonds. The highest BCUT2D eigenvalue weighted by atomic mass is 32.2. The van der Waals surface area contributed by atoms with Gasteiger partial charge in [0, 0.05) is 17.2 Å². The molecule has 94 valence electrons. The normalized spacial score (nSPS) is 10.3.